The summed E-state index contributed by atoms with van der Waals surface area (Å²) in [6.45, 7) is 9.54. The van der Waals surface area contributed by atoms with Crippen molar-refractivity contribution in [3.63, 3.8) is 0 Å². The smallest absolute Gasteiger partial charge is 0.326 e. The van der Waals surface area contributed by atoms with Crippen molar-refractivity contribution in [1.82, 2.24) is 15.5 Å². The largest absolute Gasteiger partial charge is 0.480 e. The van der Waals surface area contributed by atoms with Crippen molar-refractivity contribution in [1.29, 1.82) is 0 Å². The first-order chi connectivity index (χ1) is 13.5. The van der Waals surface area contributed by atoms with Gasteiger partial charge in [0.15, 0.2) is 0 Å². The minimum atomic E-state index is -1.04. The molecule has 3 amide bonds. The van der Waals surface area contributed by atoms with Crippen LogP contribution in [0.5, 0.6) is 0 Å². The highest BCUT2D eigenvalue weighted by Gasteiger charge is 2.37. The Labute approximate surface area is 172 Å². The molecule has 0 aromatic carbocycles. The van der Waals surface area contributed by atoms with Gasteiger partial charge in [-0.3, -0.25) is 14.4 Å². The van der Waals surface area contributed by atoms with E-state index in [0.717, 1.165) is 6.42 Å². The van der Waals surface area contributed by atoms with Gasteiger partial charge in [-0.2, -0.15) is 0 Å². The lowest BCUT2D eigenvalue weighted by molar-refractivity contribution is -0.149. The minimum absolute atomic E-state index is 0.0265. The Kier molecular flexibility index (Phi) is 9.55. The molecule has 5 atom stereocenters. The minimum Gasteiger partial charge on any atom is -0.480 e. The summed E-state index contributed by atoms with van der Waals surface area (Å²) in [6, 6.07) is -3.29. The lowest BCUT2D eigenvalue weighted by Gasteiger charge is -2.28. The van der Waals surface area contributed by atoms with Gasteiger partial charge in [-0.1, -0.05) is 34.1 Å². The van der Waals surface area contributed by atoms with Gasteiger partial charge in [-0.05, 0) is 38.0 Å². The summed E-state index contributed by atoms with van der Waals surface area (Å²) in [7, 11) is 0. The second-order valence-corrected chi connectivity index (χ2v) is 8.36. The predicted molar refractivity (Wildman–Crippen MR) is 109 cm³/mol. The highest BCUT2D eigenvalue weighted by Crippen LogP contribution is 2.18. The molecule has 1 aliphatic rings. The van der Waals surface area contributed by atoms with Gasteiger partial charge in [0.05, 0.1) is 6.04 Å². The monoisotopic (exact) mass is 412 g/mol. The second-order valence-electron chi connectivity index (χ2n) is 8.36. The molecule has 1 heterocycles. The van der Waals surface area contributed by atoms with Gasteiger partial charge < -0.3 is 26.4 Å². The highest BCUT2D eigenvalue weighted by atomic mass is 16.4. The summed E-state index contributed by atoms with van der Waals surface area (Å²) in [5.41, 5.74) is 5.97. The standard InChI is InChI=1S/C20H36N4O5/c1-6-12(4)16(21)18(26)23-14(10-11(2)3)17(25)22-13(5)19(27)24-9-7-8-15(24)20(28)29/h11-16H,6-10,21H2,1-5H3,(H,22,25)(H,23,26)(H,28,29). The van der Waals surface area contributed by atoms with E-state index in [1.54, 1.807) is 0 Å². The fourth-order valence-electron chi connectivity index (χ4n) is 3.39. The van der Waals surface area contributed by atoms with E-state index in [0.29, 0.717) is 25.8 Å². The number of nitrogens with one attached hydrogen (secondary N) is 2. The lowest BCUT2D eigenvalue weighted by atomic mass is 9.97. The summed E-state index contributed by atoms with van der Waals surface area (Å²) in [5, 5.41) is 14.6. The van der Waals surface area contributed by atoms with Crippen molar-refractivity contribution in [3.8, 4) is 0 Å². The molecule has 0 aromatic heterocycles. The van der Waals surface area contributed by atoms with Crippen LogP contribution in [0.15, 0.2) is 0 Å². The molecule has 1 rings (SSSR count). The molecule has 29 heavy (non-hydrogen) atoms. The average molecular weight is 413 g/mol. The van der Waals surface area contributed by atoms with Crippen LogP contribution in [-0.2, 0) is 19.2 Å². The Bertz CT molecular complexity index is 610. The average Bonchev–Trinajstić information content (AvgIpc) is 3.14. The Balaban J connectivity index is 2.79. The Morgan fingerprint density at radius 2 is 1.72 bits per heavy atom. The first-order valence-electron chi connectivity index (χ1n) is 10.4. The number of aliphatic carboxylic acids is 1. The predicted octanol–water partition coefficient (Wildman–Crippen LogP) is 0.471. The molecule has 5 unspecified atom stereocenters. The highest BCUT2D eigenvalue weighted by molar-refractivity contribution is 5.94. The van der Waals surface area contributed by atoms with Gasteiger partial charge in [0, 0.05) is 6.54 Å². The third-order valence-corrected chi connectivity index (χ3v) is 5.45. The van der Waals surface area contributed by atoms with Gasteiger partial charge in [-0.25, -0.2) is 4.79 Å². The SMILES string of the molecule is CCC(C)C(N)C(=O)NC(CC(C)C)C(=O)NC(C)C(=O)N1CCCC1C(=O)O. The number of carboxylic acid groups (broad SMARTS) is 1. The summed E-state index contributed by atoms with van der Waals surface area (Å²) in [4.78, 5) is 50.4. The molecule has 9 heteroatoms. The maximum absolute atomic E-state index is 12.8. The quantitative estimate of drug-likeness (QED) is 0.411. The van der Waals surface area contributed by atoms with Crippen molar-refractivity contribution in [2.45, 2.75) is 84.5 Å². The van der Waals surface area contributed by atoms with E-state index < -0.39 is 47.9 Å². The number of carbonyl (C=O) groups is 4. The second kappa shape index (κ2) is 11.1. The number of nitrogens with zero attached hydrogens (tertiary/aromatic N) is 1. The Hall–Kier alpha value is -2.16. The number of amides is 3. The van der Waals surface area contributed by atoms with E-state index in [1.165, 1.54) is 11.8 Å². The molecule has 0 spiro atoms. The van der Waals surface area contributed by atoms with Gasteiger partial charge in [0.2, 0.25) is 17.7 Å². The van der Waals surface area contributed by atoms with Crippen LogP contribution >= 0.6 is 0 Å². The number of carbonyl (C=O) groups excluding carboxylic acids is 3. The van der Waals surface area contributed by atoms with E-state index in [-0.39, 0.29) is 11.8 Å². The molecule has 9 nitrogen and oxygen atoms in total. The van der Waals surface area contributed by atoms with Crippen LogP contribution in [0.2, 0.25) is 0 Å². The topological polar surface area (TPSA) is 142 Å². The van der Waals surface area contributed by atoms with Gasteiger partial charge >= 0.3 is 5.97 Å². The Morgan fingerprint density at radius 1 is 1.10 bits per heavy atom. The van der Waals surface area contributed by atoms with Gasteiger partial charge in [0.25, 0.3) is 0 Å². The molecule has 1 aliphatic heterocycles. The maximum atomic E-state index is 12.8. The van der Waals surface area contributed by atoms with E-state index in [1.807, 2.05) is 27.7 Å². The van der Waals surface area contributed by atoms with Crippen LogP contribution < -0.4 is 16.4 Å². The zero-order chi connectivity index (χ0) is 22.3. The molecule has 0 aromatic rings. The summed E-state index contributed by atoms with van der Waals surface area (Å²) in [6.07, 6.45) is 2.15. The van der Waals surface area contributed by atoms with E-state index in [4.69, 9.17) is 5.73 Å². The van der Waals surface area contributed by atoms with Gasteiger partial charge in [0.1, 0.15) is 18.1 Å². The number of rotatable bonds is 10. The summed E-state index contributed by atoms with van der Waals surface area (Å²) in [5.74, 6) is -2.25. The normalized spacial score (nSPS) is 20.7. The fourth-order valence-corrected chi connectivity index (χ4v) is 3.39. The number of likely N-dealkylation sites (tertiary alicyclic amines) is 1. The van der Waals surface area contributed by atoms with Crippen LogP contribution in [0, 0.1) is 11.8 Å². The molecule has 0 saturated carbocycles. The number of hydrogen-bond donors (Lipinski definition) is 4. The van der Waals surface area contributed by atoms with Crippen LogP contribution in [0.1, 0.15) is 60.3 Å². The number of hydrogen-bond acceptors (Lipinski definition) is 5. The van der Waals surface area contributed by atoms with Crippen molar-refractivity contribution in [2.24, 2.45) is 17.6 Å². The van der Waals surface area contributed by atoms with Crippen LogP contribution in [0.4, 0.5) is 0 Å². The third kappa shape index (κ3) is 6.99. The molecule has 166 valence electrons. The first kappa shape index (κ1) is 24.9. The Morgan fingerprint density at radius 3 is 2.24 bits per heavy atom. The summed E-state index contributed by atoms with van der Waals surface area (Å²) >= 11 is 0. The zero-order valence-electron chi connectivity index (χ0n) is 18.1. The molecule has 0 aliphatic carbocycles. The number of carboxylic acids is 1. The maximum Gasteiger partial charge on any atom is 0.326 e. The first-order valence-corrected chi connectivity index (χ1v) is 10.4. The van der Waals surface area contributed by atoms with Crippen molar-refractivity contribution < 1.29 is 24.3 Å². The van der Waals surface area contributed by atoms with Crippen molar-refractivity contribution in [2.75, 3.05) is 6.54 Å². The van der Waals surface area contributed by atoms with Crippen LogP contribution in [0.3, 0.4) is 0 Å². The molecule has 1 saturated heterocycles. The fraction of sp³-hybridized carbons (Fsp3) is 0.800. The van der Waals surface area contributed by atoms with Crippen molar-refractivity contribution in [3.05, 3.63) is 0 Å². The van der Waals surface area contributed by atoms with Gasteiger partial charge in [-0.15, -0.1) is 0 Å². The molecular weight excluding hydrogens is 376 g/mol. The molecule has 5 N–H and O–H groups in total. The third-order valence-electron chi connectivity index (χ3n) is 5.45. The van der Waals surface area contributed by atoms with E-state index >= 15 is 0 Å². The van der Waals surface area contributed by atoms with Crippen LogP contribution in [-0.4, -0.2) is 64.4 Å². The van der Waals surface area contributed by atoms with Crippen molar-refractivity contribution >= 4 is 23.7 Å². The molecular formula is C20H36N4O5. The van der Waals surface area contributed by atoms with E-state index in [2.05, 4.69) is 10.6 Å². The molecule has 1 fully saturated rings. The van der Waals surface area contributed by atoms with E-state index in [9.17, 15) is 24.3 Å². The number of nitrogens with two attached hydrogens (primary N) is 1. The molecule has 0 bridgehead atoms. The molecule has 0 radical (unpaired) electrons. The van der Waals surface area contributed by atoms with Crippen LogP contribution in [0.25, 0.3) is 0 Å². The summed E-state index contributed by atoms with van der Waals surface area (Å²) < 4.78 is 0. The zero-order valence-corrected chi connectivity index (χ0v) is 18.1. The lowest BCUT2D eigenvalue weighted by Crippen LogP contribution is -2.57.